The smallest absolute Gasteiger partial charge is 0.312 e. The van der Waals surface area contributed by atoms with Crippen LogP contribution in [0.3, 0.4) is 0 Å². The van der Waals surface area contributed by atoms with Gasteiger partial charge in [-0.05, 0) is 45.6 Å². The molecule has 86 valence electrons. The van der Waals surface area contributed by atoms with Crippen LogP contribution in [-0.4, -0.2) is 12.1 Å². The van der Waals surface area contributed by atoms with Gasteiger partial charge >= 0.3 is 5.97 Å². The average molecular weight is 210 g/mol. The summed E-state index contributed by atoms with van der Waals surface area (Å²) < 4.78 is 5.48. The van der Waals surface area contributed by atoms with Gasteiger partial charge in [0, 0.05) is 0 Å². The molecule has 0 N–H and O–H groups in total. The topological polar surface area (TPSA) is 26.3 Å². The van der Waals surface area contributed by atoms with Crippen LogP contribution in [0.1, 0.15) is 53.4 Å². The fourth-order valence-electron chi connectivity index (χ4n) is 2.22. The van der Waals surface area contributed by atoms with E-state index in [0.717, 1.165) is 25.7 Å². The Morgan fingerprint density at radius 1 is 1.47 bits per heavy atom. The molecule has 1 heterocycles. The molecule has 1 aliphatic heterocycles. The Balaban J connectivity index is 2.70. The number of esters is 1. The molecule has 0 aromatic heterocycles. The average Bonchev–Trinajstić information content (AvgIpc) is 2.18. The van der Waals surface area contributed by atoms with Crippen LogP contribution in [0, 0.1) is 5.41 Å². The first-order valence-electron chi connectivity index (χ1n) is 5.90. The minimum Gasteiger partial charge on any atom is -0.458 e. The molecule has 0 bridgehead atoms. The first-order valence-corrected chi connectivity index (χ1v) is 5.90. The molecule has 2 nitrogen and oxygen atoms in total. The van der Waals surface area contributed by atoms with Gasteiger partial charge in [-0.3, -0.25) is 4.79 Å². The van der Waals surface area contributed by atoms with E-state index >= 15 is 0 Å². The summed E-state index contributed by atoms with van der Waals surface area (Å²) in [6, 6.07) is 0. The lowest BCUT2D eigenvalue weighted by Gasteiger charge is -2.36. The standard InChI is InChI=1S/C13H22O2/c1-5-13(6-2)8-7-11(9-10(3)4)15-12(13)14/h9,11H,5-8H2,1-4H3/t11-/m0/s1. The summed E-state index contributed by atoms with van der Waals surface area (Å²) in [7, 11) is 0. The van der Waals surface area contributed by atoms with Gasteiger partial charge in [0.05, 0.1) is 5.41 Å². The molecule has 2 heteroatoms. The molecule has 0 amide bonds. The Labute approximate surface area is 92.7 Å². The summed E-state index contributed by atoms with van der Waals surface area (Å²) in [5.41, 5.74) is 1.01. The first-order chi connectivity index (χ1) is 7.04. The summed E-state index contributed by atoms with van der Waals surface area (Å²) in [4.78, 5) is 11.9. The van der Waals surface area contributed by atoms with Gasteiger partial charge in [0.15, 0.2) is 0 Å². The molecule has 0 aromatic rings. The molecule has 1 fully saturated rings. The van der Waals surface area contributed by atoms with E-state index in [4.69, 9.17) is 4.74 Å². The van der Waals surface area contributed by atoms with Crippen molar-refractivity contribution in [3.8, 4) is 0 Å². The van der Waals surface area contributed by atoms with Crippen molar-refractivity contribution in [3.05, 3.63) is 11.6 Å². The van der Waals surface area contributed by atoms with Gasteiger partial charge in [0.1, 0.15) is 6.10 Å². The quantitative estimate of drug-likeness (QED) is 0.526. The van der Waals surface area contributed by atoms with E-state index in [1.54, 1.807) is 0 Å². The molecular weight excluding hydrogens is 188 g/mol. The highest BCUT2D eigenvalue weighted by Crippen LogP contribution is 2.38. The van der Waals surface area contributed by atoms with Crippen molar-refractivity contribution in [1.29, 1.82) is 0 Å². The second-order valence-electron chi connectivity index (χ2n) is 4.71. The molecule has 1 aliphatic rings. The second kappa shape index (κ2) is 4.82. The summed E-state index contributed by atoms with van der Waals surface area (Å²) >= 11 is 0. The van der Waals surface area contributed by atoms with Gasteiger partial charge in [-0.25, -0.2) is 0 Å². The van der Waals surface area contributed by atoms with Crippen LogP contribution in [0.2, 0.25) is 0 Å². The third kappa shape index (κ3) is 2.61. The Bertz CT molecular complexity index is 258. The van der Waals surface area contributed by atoms with Crippen molar-refractivity contribution in [1.82, 2.24) is 0 Å². The highest BCUT2D eigenvalue weighted by Gasteiger charge is 2.41. The largest absolute Gasteiger partial charge is 0.458 e. The number of carbonyl (C=O) groups is 1. The minimum atomic E-state index is -0.202. The van der Waals surface area contributed by atoms with Crippen LogP contribution in [0.5, 0.6) is 0 Å². The van der Waals surface area contributed by atoms with Crippen molar-refractivity contribution >= 4 is 5.97 Å². The van der Waals surface area contributed by atoms with Crippen molar-refractivity contribution in [2.24, 2.45) is 5.41 Å². The van der Waals surface area contributed by atoms with E-state index < -0.39 is 0 Å². The molecule has 0 radical (unpaired) electrons. The van der Waals surface area contributed by atoms with Crippen molar-refractivity contribution in [3.63, 3.8) is 0 Å². The molecule has 0 aliphatic carbocycles. The zero-order valence-electron chi connectivity index (χ0n) is 10.3. The number of carbonyl (C=O) groups excluding carboxylic acids is 1. The monoisotopic (exact) mass is 210 g/mol. The zero-order chi connectivity index (χ0) is 11.5. The lowest BCUT2D eigenvalue weighted by Crippen LogP contribution is -2.39. The molecule has 0 aromatic carbocycles. The fraction of sp³-hybridized carbons (Fsp3) is 0.769. The highest BCUT2D eigenvalue weighted by atomic mass is 16.5. The molecule has 0 unspecified atom stereocenters. The molecule has 1 atom stereocenters. The maximum Gasteiger partial charge on any atom is 0.312 e. The summed E-state index contributed by atoms with van der Waals surface area (Å²) in [6.45, 7) is 8.22. The van der Waals surface area contributed by atoms with E-state index in [9.17, 15) is 4.79 Å². The van der Waals surface area contributed by atoms with E-state index in [1.165, 1.54) is 5.57 Å². The van der Waals surface area contributed by atoms with Crippen LogP contribution in [-0.2, 0) is 9.53 Å². The predicted octanol–water partition coefficient (Wildman–Crippen LogP) is 3.46. The minimum absolute atomic E-state index is 0.00116. The maximum atomic E-state index is 11.9. The van der Waals surface area contributed by atoms with Crippen LogP contribution in [0.25, 0.3) is 0 Å². The second-order valence-corrected chi connectivity index (χ2v) is 4.71. The number of cyclic esters (lactones) is 1. The van der Waals surface area contributed by atoms with E-state index in [0.29, 0.717) is 0 Å². The summed E-state index contributed by atoms with van der Waals surface area (Å²) in [5, 5.41) is 0. The van der Waals surface area contributed by atoms with Crippen molar-refractivity contribution in [2.75, 3.05) is 0 Å². The van der Waals surface area contributed by atoms with Crippen LogP contribution < -0.4 is 0 Å². The Morgan fingerprint density at radius 2 is 2.07 bits per heavy atom. The SMILES string of the molecule is CCC1(CC)CC[C@@H](C=C(C)C)OC1=O. The van der Waals surface area contributed by atoms with Gasteiger partial charge in [-0.15, -0.1) is 0 Å². The molecule has 15 heavy (non-hydrogen) atoms. The van der Waals surface area contributed by atoms with Crippen molar-refractivity contribution < 1.29 is 9.53 Å². The van der Waals surface area contributed by atoms with Crippen LogP contribution >= 0.6 is 0 Å². The molecular formula is C13H22O2. The van der Waals surface area contributed by atoms with Crippen LogP contribution in [0.15, 0.2) is 11.6 Å². The predicted molar refractivity (Wildman–Crippen MR) is 61.6 cm³/mol. The lowest BCUT2D eigenvalue weighted by atomic mass is 9.76. The third-order valence-electron chi connectivity index (χ3n) is 3.47. The third-order valence-corrected chi connectivity index (χ3v) is 3.47. The molecule has 0 spiro atoms. The Morgan fingerprint density at radius 3 is 2.47 bits per heavy atom. The highest BCUT2D eigenvalue weighted by molar-refractivity contribution is 5.77. The van der Waals surface area contributed by atoms with Crippen LogP contribution in [0.4, 0.5) is 0 Å². The number of hydrogen-bond acceptors (Lipinski definition) is 2. The number of ether oxygens (including phenoxy) is 1. The molecule has 0 saturated carbocycles. The van der Waals surface area contributed by atoms with Gasteiger partial charge in [-0.1, -0.05) is 19.4 Å². The zero-order valence-corrected chi connectivity index (χ0v) is 10.3. The Hall–Kier alpha value is -0.790. The summed E-state index contributed by atoms with van der Waals surface area (Å²) in [6.07, 6.45) is 5.78. The Kier molecular flexibility index (Phi) is 3.95. The van der Waals surface area contributed by atoms with Crippen molar-refractivity contribution in [2.45, 2.75) is 59.5 Å². The molecule has 1 rings (SSSR count). The van der Waals surface area contributed by atoms with E-state index in [1.807, 2.05) is 19.9 Å². The summed E-state index contributed by atoms with van der Waals surface area (Å²) in [5.74, 6) is 0.00116. The number of allylic oxidation sites excluding steroid dienone is 1. The lowest BCUT2D eigenvalue weighted by molar-refractivity contribution is -0.167. The van der Waals surface area contributed by atoms with Gasteiger partial charge in [0.25, 0.3) is 0 Å². The van der Waals surface area contributed by atoms with E-state index in [-0.39, 0.29) is 17.5 Å². The van der Waals surface area contributed by atoms with Gasteiger partial charge in [-0.2, -0.15) is 0 Å². The number of hydrogen-bond donors (Lipinski definition) is 0. The first kappa shape index (κ1) is 12.3. The fourth-order valence-corrected chi connectivity index (χ4v) is 2.22. The molecule has 1 saturated heterocycles. The van der Waals surface area contributed by atoms with Gasteiger partial charge in [0.2, 0.25) is 0 Å². The number of rotatable bonds is 3. The van der Waals surface area contributed by atoms with Gasteiger partial charge < -0.3 is 4.74 Å². The maximum absolute atomic E-state index is 11.9. The normalized spacial score (nSPS) is 24.5. The van der Waals surface area contributed by atoms with E-state index in [2.05, 4.69) is 13.8 Å².